The summed E-state index contributed by atoms with van der Waals surface area (Å²) in [4.78, 5) is 23.8. The van der Waals surface area contributed by atoms with Crippen LogP contribution in [0.2, 0.25) is 0 Å². The standard InChI is InChI=1S/C21H14O6/c1-24-21(23)27-16-8-9-17-18(11-16)25-12-19(20(17)22)26-15-7-6-13-4-2-3-5-14(13)10-15/h2-12H,1H3. The van der Waals surface area contributed by atoms with Crippen LogP contribution in [0.5, 0.6) is 17.2 Å². The van der Waals surface area contributed by atoms with Gasteiger partial charge in [0.15, 0.2) is 0 Å². The van der Waals surface area contributed by atoms with E-state index >= 15 is 0 Å². The fourth-order valence-electron chi connectivity index (χ4n) is 2.72. The molecule has 0 bridgehead atoms. The van der Waals surface area contributed by atoms with Crippen molar-refractivity contribution < 1.29 is 23.4 Å². The molecule has 0 amide bonds. The lowest BCUT2D eigenvalue weighted by Crippen LogP contribution is -2.08. The topological polar surface area (TPSA) is 75.0 Å². The van der Waals surface area contributed by atoms with Crippen molar-refractivity contribution in [2.75, 3.05) is 7.11 Å². The van der Waals surface area contributed by atoms with Gasteiger partial charge >= 0.3 is 6.16 Å². The summed E-state index contributed by atoms with van der Waals surface area (Å²) in [6.07, 6.45) is 0.384. The molecule has 6 heteroatoms. The smallest absolute Gasteiger partial charge is 0.460 e. The van der Waals surface area contributed by atoms with Gasteiger partial charge in [0.2, 0.25) is 11.2 Å². The minimum Gasteiger partial charge on any atom is -0.460 e. The van der Waals surface area contributed by atoms with E-state index in [2.05, 4.69) is 4.74 Å². The summed E-state index contributed by atoms with van der Waals surface area (Å²) in [7, 11) is 1.21. The lowest BCUT2D eigenvalue weighted by atomic mass is 10.1. The Balaban J connectivity index is 1.67. The van der Waals surface area contributed by atoms with E-state index in [0.29, 0.717) is 11.1 Å². The average Bonchev–Trinajstić information content (AvgIpc) is 2.70. The summed E-state index contributed by atoms with van der Waals surface area (Å²) >= 11 is 0. The molecule has 0 N–H and O–H groups in total. The number of carbonyl (C=O) groups excluding carboxylic acids is 1. The zero-order valence-corrected chi connectivity index (χ0v) is 14.3. The monoisotopic (exact) mass is 362 g/mol. The van der Waals surface area contributed by atoms with E-state index in [1.165, 1.54) is 31.6 Å². The van der Waals surface area contributed by atoms with E-state index in [-0.39, 0.29) is 22.5 Å². The summed E-state index contributed by atoms with van der Waals surface area (Å²) < 4.78 is 20.6. The van der Waals surface area contributed by atoms with Crippen molar-refractivity contribution in [3.05, 3.63) is 77.2 Å². The van der Waals surface area contributed by atoms with Crippen LogP contribution in [0, 0.1) is 0 Å². The van der Waals surface area contributed by atoms with Crippen molar-refractivity contribution in [2.24, 2.45) is 0 Å². The zero-order valence-electron chi connectivity index (χ0n) is 14.3. The Morgan fingerprint density at radius 3 is 2.52 bits per heavy atom. The van der Waals surface area contributed by atoms with Gasteiger partial charge in [-0.2, -0.15) is 0 Å². The molecule has 4 rings (SSSR count). The molecule has 1 aromatic heterocycles. The van der Waals surface area contributed by atoms with E-state index in [4.69, 9.17) is 13.9 Å². The van der Waals surface area contributed by atoms with Crippen molar-refractivity contribution >= 4 is 27.9 Å². The highest BCUT2D eigenvalue weighted by molar-refractivity contribution is 5.84. The summed E-state index contributed by atoms with van der Waals surface area (Å²) in [6, 6.07) is 17.8. The van der Waals surface area contributed by atoms with Crippen molar-refractivity contribution in [1.29, 1.82) is 0 Å². The molecule has 6 nitrogen and oxygen atoms in total. The number of hydrogen-bond acceptors (Lipinski definition) is 6. The number of fused-ring (bicyclic) bond motifs is 2. The van der Waals surface area contributed by atoms with Crippen molar-refractivity contribution in [2.45, 2.75) is 0 Å². The van der Waals surface area contributed by atoms with Crippen molar-refractivity contribution in [1.82, 2.24) is 0 Å². The Bertz CT molecular complexity index is 1210. The highest BCUT2D eigenvalue weighted by Crippen LogP contribution is 2.26. The second-order valence-corrected chi connectivity index (χ2v) is 5.75. The molecule has 0 aliphatic carbocycles. The van der Waals surface area contributed by atoms with Gasteiger partial charge in [0.1, 0.15) is 23.3 Å². The number of methoxy groups -OCH3 is 1. The predicted molar refractivity (Wildman–Crippen MR) is 99.5 cm³/mol. The molecule has 134 valence electrons. The quantitative estimate of drug-likeness (QED) is 0.382. The van der Waals surface area contributed by atoms with Gasteiger partial charge in [-0.15, -0.1) is 0 Å². The normalized spacial score (nSPS) is 10.7. The molecule has 0 saturated heterocycles. The number of hydrogen-bond donors (Lipinski definition) is 0. The lowest BCUT2D eigenvalue weighted by Gasteiger charge is -2.07. The maximum Gasteiger partial charge on any atom is 0.513 e. The highest BCUT2D eigenvalue weighted by Gasteiger charge is 2.12. The van der Waals surface area contributed by atoms with Crippen LogP contribution in [0.3, 0.4) is 0 Å². The van der Waals surface area contributed by atoms with Crippen LogP contribution < -0.4 is 14.9 Å². The number of ether oxygens (including phenoxy) is 3. The van der Waals surface area contributed by atoms with E-state index < -0.39 is 6.16 Å². The third kappa shape index (κ3) is 3.32. The minimum atomic E-state index is -0.854. The average molecular weight is 362 g/mol. The third-order valence-corrected chi connectivity index (χ3v) is 4.03. The first kappa shape index (κ1) is 16.7. The second kappa shape index (κ2) is 6.84. The van der Waals surface area contributed by atoms with Gasteiger partial charge < -0.3 is 18.6 Å². The molecular weight excluding hydrogens is 348 g/mol. The van der Waals surface area contributed by atoms with Gasteiger partial charge in [0, 0.05) is 6.07 Å². The van der Waals surface area contributed by atoms with Crippen LogP contribution in [0.4, 0.5) is 4.79 Å². The molecule has 0 radical (unpaired) electrons. The highest BCUT2D eigenvalue weighted by atomic mass is 16.7. The molecule has 0 unspecified atom stereocenters. The summed E-state index contributed by atoms with van der Waals surface area (Å²) in [5, 5.41) is 2.39. The lowest BCUT2D eigenvalue weighted by molar-refractivity contribution is 0.121. The van der Waals surface area contributed by atoms with E-state index in [1.807, 2.05) is 36.4 Å². The van der Waals surface area contributed by atoms with Crippen LogP contribution in [-0.4, -0.2) is 13.3 Å². The second-order valence-electron chi connectivity index (χ2n) is 5.75. The first-order valence-corrected chi connectivity index (χ1v) is 8.12. The number of benzene rings is 3. The molecular formula is C21H14O6. The maximum absolute atomic E-state index is 12.7. The Labute approximate surface area is 153 Å². The SMILES string of the molecule is COC(=O)Oc1ccc2c(=O)c(Oc3ccc4ccccc4c3)coc2c1. The van der Waals surface area contributed by atoms with E-state index in [9.17, 15) is 9.59 Å². The Kier molecular flexibility index (Phi) is 4.22. The van der Waals surface area contributed by atoms with Crippen molar-refractivity contribution in [3.8, 4) is 17.2 Å². The predicted octanol–water partition coefficient (Wildman–Crippen LogP) is 4.88. The number of carbonyl (C=O) groups is 1. The summed E-state index contributed by atoms with van der Waals surface area (Å²) in [6.45, 7) is 0. The molecule has 0 spiro atoms. The molecule has 0 aliphatic heterocycles. The molecule has 27 heavy (non-hydrogen) atoms. The van der Waals surface area contributed by atoms with Crippen LogP contribution >= 0.6 is 0 Å². The Hall–Kier alpha value is -3.80. The van der Waals surface area contributed by atoms with E-state index in [1.54, 1.807) is 6.07 Å². The van der Waals surface area contributed by atoms with Gasteiger partial charge in [0.25, 0.3) is 0 Å². The van der Waals surface area contributed by atoms with Crippen LogP contribution in [-0.2, 0) is 4.74 Å². The zero-order chi connectivity index (χ0) is 18.8. The van der Waals surface area contributed by atoms with Crippen LogP contribution in [0.15, 0.2) is 76.1 Å². The number of rotatable bonds is 3. The van der Waals surface area contributed by atoms with Gasteiger partial charge in [-0.25, -0.2) is 4.79 Å². The fourth-order valence-corrected chi connectivity index (χ4v) is 2.72. The fraction of sp³-hybridized carbons (Fsp3) is 0.0476. The molecule has 3 aromatic carbocycles. The molecule has 0 aliphatic rings. The van der Waals surface area contributed by atoms with Gasteiger partial charge in [-0.3, -0.25) is 4.79 Å². The third-order valence-electron chi connectivity index (χ3n) is 4.03. The van der Waals surface area contributed by atoms with Gasteiger partial charge in [-0.1, -0.05) is 30.3 Å². The maximum atomic E-state index is 12.7. The molecule has 4 aromatic rings. The molecule has 1 heterocycles. The summed E-state index contributed by atoms with van der Waals surface area (Å²) in [5.74, 6) is 0.811. The Morgan fingerprint density at radius 2 is 1.70 bits per heavy atom. The van der Waals surface area contributed by atoms with Crippen LogP contribution in [0.1, 0.15) is 0 Å². The molecule has 0 saturated carbocycles. The van der Waals surface area contributed by atoms with Gasteiger partial charge in [-0.05, 0) is 35.0 Å². The van der Waals surface area contributed by atoms with E-state index in [0.717, 1.165) is 10.8 Å². The van der Waals surface area contributed by atoms with Gasteiger partial charge in [0.05, 0.1) is 12.5 Å². The largest absolute Gasteiger partial charge is 0.513 e. The first-order valence-electron chi connectivity index (χ1n) is 8.12. The van der Waals surface area contributed by atoms with Crippen LogP contribution in [0.25, 0.3) is 21.7 Å². The molecule has 0 fully saturated rings. The van der Waals surface area contributed by atoms with Crippen molar-refractivity contribution in [3.63, 3.8) is 0 Å². The minimum absolute atomic E-state index is 0.0689. The first-order chi connectivity index (χ1) is 13.1. The Morgan fingerprint density at radius 1 is 0.926 bits per heavy atom. The summed E-state index contributed by atoms with van der Waals surface area (Å²) in [5.41, 5.74) is -0.0544. The molecule has 0 atom stereocenters.